The minimum Gasteiger partial charge on any atom is -0.299 e. The molecule has 0 radical (unpaired) electrons. The van der Waals surface area contributed by atoms with Gasteiger partial charge in [0, 0.05) is 12.6 Å². The monoisotopic (exact) mass is 418 g/mol. The van der Waals surface area contributed by atoms with Crippen LogP contribution in [0.2, 0.25) is 0 Å². The average Bonchev–Trinajstić information content (AvgIpc) is 2.93. The Hall–Kier alpha value is -1.96. The summed E-state index contributed by atoms with van der Waals surface area (Å²) in [6, 6.07) is 8.65. The molecule has 1 N–H and O–H groups in total. The van der Waals surface area contributed by atoms with Gasteiger partial charge in [-0.25, -0.2) is 13.1 Å². The number of rotatable bonds is 6. The quantitative estimate of drug-likeness (QED) is 0.643. The highest BCUT2D eigenvalue weighted by Gasteiger charge is 2.21. The van der Waals surface area contributed by atoms with E-state index in [9.17, 15) is 13.2 Å². The van der Waals surface area contributed by atoms with Gasteiger partial charge < -0.3 is 0 Å². The smallest absolute Gasteiger partial charge is 0.299 e. The van der Waals surface area contributed by atoms with Crippen LogP contribution in [0.1, 0.15) is 48.6 Å². The van der Waals surface area contributed by atoms with Gasteiger partial charge in [0.2, 0.25) is 10.0 Å². The van der Waals surface area contributed by atoms with E-state index in [-0.39, 0.29) is 15.8 Å². The zero-order chi connectivity index (χ0) is 20.6. The number of hydrogen-bond acceptors (Lipinski definition) is 4. The maximum absolute atomic E-state index is 12.9. The summed E-state index contributed by atoms with van der Waals surface area (Å²) in [7, 11) is -3.71. The fourth-order valence-electron chi connectivity index (χ4n) is 3.46. The molecule has 28 heavy (non-hydrogen) atoms. The number of nitrogens with one attached hydrogen (secondary N) is 1. The largest absolute Gasteiger partial charge is 0.308 e. The maximum atomic E-state index is 12.9. The van der Waals surface area contributed by atoms with Crippen molar-refractivity contribution in [3.05, 3.63) is 62.3 Å². The second-order valence-electron chi connectivity index (χ2n) is 7.29. The standard InChI is InChI=1S/C21H26N2O3S2/c1-6-9-23-19-8-7-17(12-20(19)27-21(23)24)28(25,26)22-16(5)18-11-14(3)13(2)10-15(18)4/h7-8,10-12,16,22H,6,9H2,1-5H3/t16-/m1/s1. The number of benzene rings is 2. The van der Waals surface area contributed by atoms with Gasteiger partial charge in [0.05, 0.1) is 15.1 Å². The third kappa shape index (κ3) is 3.92. The number of sulfonamides is 1. The second-order valence-corrected chi connectivity index (χ2v) is 9.99. The first kappa shape index (κ1) is 20.8. The summed E-state index contributed by atoms with van der Waals surface area (Å²) in [6.07, 6.45) is 0.847. The molecule has 1 aromatic heterocycles. The van der Waals surface area contributed by atoms with Gasteiger partial charge in [0.1, 0.15) is 0 Å². The summed E-state index contributed by atoms with van der Waals surface area (Å²) >= 11 is 1.09. The molecule has 0 bridgehead atoms. The molecule has 3 rings (SSSR count). The first-order chi connectivity index (χ1) is 13.1. The molecule has 2 aromatic carbocycles. The van der Waals surface area contributed by atoms with Crippen molar-refractivity contribution in [2.45, 2.75) is 58.5 Å². The normalized spacial score (nSPS) is 13.2. The van der Waals surface area contributed by atoms with Crippen LogP contribution in [-0.4, -0.2) is 13.0 Å². The molecular formula is C21H26N2O3S2. The van der Waals surface area contributed by atoms with Crippen molar-refractivity contribution in [1.29, 1.82) is 0 Å². The Bertz CT molecular complexity index is 1190. The zero-order valence-electron chi connectivity index (χ0n) is 16.9. The van der Waals surface area contributed by atoms with Crippen LogP contribution in [0.4, 0.5) is 0 Å². The Morgan fingerprint density at radius 2 is 1.75 bits per heavy atom. The van der Waals surface area contributed by atoms with Gasteiger partial charge >= 0.3 is 4.87 Å². The lowest BCUT2D eigenvalue weighted by molar-refractivity contribution is 0.566. The summed E-state index contributed by atoms with van der Waals surface area (Å²) in [5, 5.41) is 0. The lowest BCUT2D eigenvalue weighted by Gasteiger charge is -2.18. The fourth-order valence-corrected chi connectivity index (χ4v) is 5.74. The predicted octanol–water partition coefficient (Wildman–Crippen LogP) is 4.44. The highest BCUT2D eigenvalue weighted by atomic mass is 32.2. The lowest BCUT2D eigenvalue weighted by atomic mass is 9.97. The number of hydrogen-bond donors (Lipinski definition) is 1. The Kier molecular flexibility index (Phi) is 5.79. The Labute approximate surface area is 170 Å². The van der Waals surface area contributed by atoms with Crippen molar-refractivity contribution in [3.8, 4) is 0 Å². The summed E-state index contributed by atoms with van der Waals surface area (Å²) in [4.78, 5) is 12.3. The van der Waals surface area contributed by atoms with E-state index < -0.39 is 10.0 Å². The second kappa shape index (κ2) is 7.81. The van der Waals surface area contributed by atoms with Crippen molar-refractivity contribution in [1.82, 2.24) is 9.29 Å². The van der Waals surface area contributed by atoms with Crippen molar-refractivity contribution >= 4 is 31.6 Å². The molecule has 0 saturated carbocycles. The molecule has 0 spiro atoms. The number of nitrogens with zero attached hydrogens (tertiary/aromatic N) is 1. The Balaban J connectivity index is 1.94. The number of fused-ring (bicyclic) bond motifs is 1. The first-order valence-electron chi connectivity index (χ1n) is 9.37. The summed E-state index contributed by atoms with van der Waals surface area (Å²) < 4.78 is 31.1. The van der Waals surface area contributed by atoms with Crippen molar-refractivity contribution < 1.29 is 8.42 Å². The van der Waals surface area contributed by atoms with Crippen LogP contribution < -0.4 is 9.60 Å². The van der Waals surface area contributed by atoms with Crippen LogP contribution in [0.3, 0.4) is 0 Å². The average molecular weight is 419 g/mol. The van der Waals surface area contributed by atoms with Crippen LogP contribution in [0.5, 0.6) is 0 Å². The van der Waals surface area contributed by atoms with E-state index in [4.69, 9.17) is 0 Å². The van der Waals surface area contributed by atoms with Crippen LogP contribution in [0.25, 0.3) is 10.2 Å². The molecule has 7 heteroatoms. The molecule has 0 fully saturated rings. The maximum Gasteiger partial charge on any atom is 0.308 e. The number of thiazole rings is 1. The van der Waals surface area contributed by atoms with Crippen molar-refractivity contribution in [2.75, 3.05) is 0 Å². The summed E-state index contributed by atoms with van der Waals surface area (Å²) in [5.41, 5.74) is 5.13. The topological polar surface area (TPSA) is 68.2 Å². The van der Waals surface area contributed by atoms with Crippen LogP contribution in [-0.2, 0) is 16.6 Å². The Morgan fingerprint density at radius 1 is 1.07 bits per heavy atom. The zero-order valence-corrected chi connectivity index (χ0v) is 18.5. The fraction of sp³-hybridized carbons (Fsp3) is 0.381. The van der Waals surface area contributed by atoms with Gasteiger partial charge in [0.15, 0.2) is 0 Å². The van der Waals surface area contributed by atoms with Gasteiger partial charge in [-0.2, -0.15) is 0 Å². The lowest BCUT2D eigenvalue weighted by Crippen LogP contribution is -2.27. The van der Waals surface area contributed by atoms with Crippen LogP contribution >= 0.6 is 11.3 Å². The summed E-state index contributed by atoms with van der Waals surface area (Å²) in [5.74, 6) is 0. The highest BCUT2D eigenvalue weighted by molar-refractivity contribution is 7.89. The Morgan fingerprint density at radius 3 is 2.43 bits per heavy atom. The molecule has 0 aliphatic carbocycles. The van der Waals surface area contributed by atoms with Crippen molar-refractivity contribution in [3.63, 3.8) is 0 Å². The van der Waals surface area contributed by atoms with E-state index in [1.165, 1.54) is 5.56 Å². The highest BCUT2D eigenvalue weighted by Crippen LogP contribution is 2.26. The van der Waals surface area contributed by atoms with Crippen molar-refractivity contribution in [2.24, 2.45) is 0 Å². The van der Waals surface area contributed by atoms with Gasteiger partial charge in [-0.05, 0) is 74.6 Å². The molecule has 0 unspecified atom stereocenters. The van der Waals surface area contributed by atoms with Gasteiger partial charge in [-0.1, -0.05) is 30.4 Å². The molecule has 3 aromatic rings. The molecule has 1 heterocycles. The van der Waals surface area contributed by atoms with Crippen LogP contribution in [0, 0.1) is 20.8 Å². The minimum atomic E-state index is -3.71. The predicted molar refractivity (Wildman–Crippen MR) is 116 cm³/mol. The number of aryl methyl sites for hydroxylation is 4. The van der Waals surface area contributed by atoms with E-state index in [1.807, 2.05) is 40.7 Å². The molecular weight excluding hydrogens is 392 g/mol. The van der Waals surface area contributed by atoms with E-state index in [1.54, 1.807) is 22.8 Å². The third-order valence-electron chi connectivity index (χ3n) is 5.08. The molecule has 150 valence electrons. The molecule has 0 aliphatic heterocycles. The number of aromatic nitrogens is 1. The molecule has 0 amide bonds. The van der Waals surface area contributed by atoms with E-state index in [0.29, 0.717) is 11.2 Å². The van der Waals surface area contributed by atoms with E-state index in [0.717, 1.165) is 40.0 Å². The first-order valence-corrected chi connectivity index (χ1v) is 11.7. The van der Waals surface area contributed by atoms with Gasteiger partial charge in [0.25, 0.3) is 0 Å². The summed E-state index contributed by atoms with van der Waals surface area (Å²) in [6.45, 7) is 10.6. The van der Waals surface area contributed by atoms with E-state index in [2.05, 4.69) is 10.8 Å². The van der Waals surface area contributed by atoms with Gasteiger partial charge in [-0.15, -0.1) is 0 Å². The molecule has 0 aliphatic rings. The van der Waals surface area contributed by atoms with Gasteiger partial charge in [-0.3, -0.25) is 9.36 Å². The third-order valence-corrected chi connectivity index (χ3v) is 7.56. The molecule has 5 nitrogen and oxygen atoms in total. The molecule has 1 atom stereocenters. The van der Waals surface area contributed by atoms with Crippen LogP contribution in [0.15, 0.2) is 40.0 Å². The molecule has 0 saturated heterocycles. The SMILES string of the molecule is CCCn1c(=O)sc2cc(S(=O)(=O)N[C@H](C)c3cc(C)c(C)cc3C)ccc21. The minimum absolute atomic E-state index is 0.0570. The van der Waals surface area contributed by atoms with E-state index >= 15 is 0 Å².